The normalized spacial score (nSPS) is 12.4. The van der Waals surface area contributed by atoms with Gasteiger partial charge in [-0.2, -0.15) is 0 Å². The van der Waals surface area contributed by atoms with Crippen molar-refractivity contribution in [3.63, 3.8) is 0 Å². The third kappa shape index (κ3) is 6.16. The van der Waals surface area contributed by atoms with E-state index in [0.29, 0.717) is 18.1 Å². The van der Waals surface area contributed by atoms with Gasteiger partial charge in [0.05, 0.1) is 12.3 Å². The number of carbonyl (C=O) groups excluding carboxylic acids is 1. The minimum atomic E-state index is -1.30. The quantitative estimate of drug-likeness (QED) is 0.400. The molecule has 0 aliphatic carbocycles. The van der Waals surface area contributed by atoms with Crippen LogP contribution in [0.3, 0.4) is 0 Å². The number of aromatic nitrogens is 5. The number of nitrogens with zero attached hydrogens (tertiary/aromatic N) is 6. The van der Waals surface area contributed by atoms with Crippen molar-refractivity contribution in [1.82, 2.24) is 25.2 Å². The van der Waals surface area contributed by atoms with Crippen molar-refractivity contribution in [2.75, 3.05) is 11.9 Å². The molecule has 2 N–H and O–H groups in total. The Labute approximate surface area is 180 Å². The van der Waals surface area contributed by atoms with Crippen LogP contribution in [0, 0.1) is 0 Å². The molecule has 31 heavy (non-hydrogen) atoms. The van der Waals surface area contributed by atoms with Crippen molar-refractivity contribution < 1.29 is 14.6 Å². The van der Waals surface area contributed by atoms with Gasteiger partial charge >= 0.3 is 6.09 Å². The number of ether oxygens (including phenoxy) is 1. The van der Waals surface area contributed by atoms with Gasteiger partial charge in [0, 0.05) is 12.6 Å². The topological polar surface area (TPSA) is 127 Å². The van der Waals surface area contributed by atoms with Crippen molar-refractivity contribution >= 4 is 17.6 Å². The van der Waals surface area contributed by atoms with Crippen LogP contribution in [0.1, 0.15) is 49.5 Å². The molecule has 1 unspecified atom stereocenters. The summed E-state index contributed by atoms with van der Waals surface area (Å²) in [6.45, 7) is 2.42. The predicted octanol–water partition coefficient (Wildman–Crippen LogP) is 2.87. The summed E-state index contributed by atoms with van der Waals surface area (Å²) in [5.41, 5.74) is 1.41. The Balaban J connectivity index is 1.78. The number of aliphatic hydroxyl groups is 1. The van der Waals surface area contributed by atoms with Gasteiger partial charge in [0.25, 0.3) is 0 Å². The molecule has 0 radical (unpaired) electrons. The fourth-order valence-electron chi connectivity index (χ4n) is 2.80. The SMILES string of the molecule is CCCCCOC(=O)Nc1cccc(C(O)/N=C(/c2ccccc2)c2nnnn2C)n1. The predicted molar refractivity (Wildman–Crippen MR) is 115 cm³/mol. The zero-order valence-electron chi connectivity index (χ0n) is 17.5. The highest BCUT2D eigenvalue weighted by Crippen LogP contribution is 2.18. The fraction of sp³-hybridized carbons (Fsp3) is 0.333. The van der Waals surface area contributed by atoms with Crippen molar-refractivity contribution in [1.29, 1.82) is 0 Å². The number of aliphatic hydroxyl groups excluding tert-OH is 1. The van der Waals surface area contributed by atoms with Crippen LogP contribution in [-0.4, -0.2) is 48.7 Å². The molecule has 1 aromatic carbocycles. The average molecular weight is 423 g/mol. The van der Waals surface area contributed by atoms with E-state index in [0.717, 1.165) is 24.8 Å². The molecule has 0 aliphatic heterocycles. The molecule has 0 bridgehead atoms. The van der Waals surface area contributed by atoms with Crippen LogP contribution in [0.25, 0.3) is 0 Å². The van der Waals surface area contributed by atoms with Gasteiger partial charge in [-0.1, -0.05) is 56.2 Å². The van der Waals surface area contributed by atoms with Crippen LogP contribution in [0.15, 0.2) is 53.5 Å². The number of carbonyl (C=O) groups is 1. The molecule has 1 atom stereocenters. The summed E-state index contributed by atoms with van der Waals surface area (Å²) in [5.74, 6) is 0.656. The number of hydrogen-bond donors (Lipinski definition) is 2. The smallest absolute Gasteiger partial charge is 0.412 e. The first-order chi connectivity index (χ1) is 15.1. The number of rotatable bonds is 9. The highest BCUT2D eigenvalue weighted by Gasteiger charge is 2.18. The molecule has 3 aromatic rings. The number of amides is 1. The lowest BCUT2D eigenvalue weighted by Crippen LogP contribution is -2.16. The highest BCUT2D eigenvalue weighted by atomic mass is 16.5. The van der Waals surface area contributed by atoms with Crippen LogP contribution < -0.4 is 5.32 Å². The van der Waals surface area contributed by atoms with Crippen molar-refractivity contribution in [2.45, 2.75) is 32.4 Å². The van der Waals surface area contributed by atoms with E-state index >= 15 is 0 Å². The first kappa shape index (κ1) is 22.0. The monoisotopic (exact) mass is 423 g/mol. The summed E-state index contributed by atoms with van der Waals surface area (Å²) in [6, 6.07) is 14.2. The number of benzene rings is 1. The Kier molecular flexibility index (Phi) is 7.77. The molecular weight excluding hydrogens is 398 g/mol. The largest absolute Gasteiger partial charge is 0.449 e. The zero-order valence-corrected chi connectivity index (χ0v) is 17.5. The number of aryl methyl sites for hydroxylation is 1. The van der Waals surface area contributed by atoms with Gasteiger partial charge in [-0.3, -0.25) is 5.32 Å². The fourth-order valence-corrected chi connectivity index (χ4v) is 2.80. The molecule has 0 spiro atoms. The number of pyridine rings is 1. The third-order valence-electron chi connectivity index (χ3n) is 4.38. The number of tetrazole rings is 1. The number of aliphatic imine (C=N–C) groups is 1. The second-order valence-electron chi connectivity index (χ2n) is 6.76. The lowest BCUT2D eigenvalue weighted by Gasteiger charge is -2.11. The second kappa shape index (κ2) is 10.9. The van der Waals surface area contributed by atoms with Crippen LogP contribution in [-0.2, 0) is 11.8 Å². The Morgan fingerprint density at radius 1 is 1.19 bits per heavy atom. The minimum Gasteiger partial charge on any atom is -0.449 e. The number of unbranched alkanes of at least 4 members (excludes halogenated alkanes) is 2. The van der Waals surface area contributed by atoms with Gasteiger partial charge in [0.2, 0.25) is 5.82 Å². The number of nitrogens with one attached hydrogen (secondary N) is 1. The molecule has 10 nitrogen and oxygen atoms in total. The highest BCUT2D eigenvalue weighted by molar-refractivity contribution is 6.10. The Bertz CT molecular complexity index is 1020. The van der Waals surface area contributed by atoms with E-state index in [1.54, 1.807) is 25.2 Å². The van der Waals surface area contributed by atoms with Crippen LogP contribution in [0.5, 0.6) is 0 Å². The van der Waals surface area contributed by atoms with Crippen molar-refractivity contribution in [2.24, 2.45) is 12.0 Å². The van der Waals surface area contributed by atoms with Crippen molar-refractivity contribution in [3.8, 4) is 0 Å². The number of anilines is 1. The van der Waals surface area contributed by atoms with Crippen molar-refractivity contribution in [3.05, 3.63) is 65.6 Å². The molecule has 2 aromatic heterocycles. The maximum atomic E-state index is 11.9. The molecule has 1 amide bonds. The van der Waals surface area contributed by atoms with Crippen LogP contribution >= 0.6 is 0 Å². The van der Waals surface area contributed by atoms with Gasteiger partial charge in [0.15, 0.2) is 6.23 Å². The molecule has 0 saturated carbocycles. The Morgan fingerprint density at radius 3 is 2.71 bits per heavy atom. The Morgan fingerprint density at radius 2 is 2.00 bits per heavy atom. The van der Waals surface area contributed by atoms with Crippen LogP contribution in [0.2, 0.25) is 0 Å². The first-order valence-corrected chi connectivity index (χ1v) is 10.0. The summed E-state index contributed by atoms with van der Waals surface area (Å²) < 4.78 is 6.60. The lowest BCUT2D eigenvalue weighted by atomic mass is 10.1. The maximum absolute atomic E-state index is 11.9. The van der Waals surface area contributed by atoms with E-state index in [4.69, 9.17) is 4.74 Å². The van der Waals surface area contributed by atoms with Gasteiger partial charge in [0.1, 0.15) is 11.5 Å². The first-order valence-electron chi connectivity index (χ1n) is 10.0. The molecule has 10 heteroatoms. The minimum absolute atomic E-state index is 0.257. The average Bonchev–Trinajstić information content (AvgIpc) is 3.21. The van der Waals surface area contributed by atoms with Gasteiger partial charge < -0.3 is 9.84 Å². The standard InChI is InChI=1S/C21H25N7O3/c1-3-4-8-14-31-21(30)23-17-13-9-12-16(22-17)20(29)24-18(15-10-6-5-7-11-15)19-25-26-27-28(19)2/h5-7,9-13,20,29H,3-4,8,14H2,1-2H3,(H,22,23,30)/b24-18-. The van der Waals surface area contributed by atoms with E-state index in [1.807, 2.05) is 30.3 Å². The van der Waals surface area contributed by atoms with E-state index < -0.39 is 12.3 Å². The summed E-state index contributed by atoms with van der Waals surface area (Å²) in [4.78, 5) is 20.6. The van der Waals surface area contributed by atoms with E-state index in [-0.39, 0.29) is 11.5 Å². The van der Waals surface area contributed by atoms with E-state index in [2.05, 4.69) is 37.7 Å². The lowest BCUT2D eigenvalue weighted by molar-refractivity contribution is 0.159. The molecule has 0 aliphatic rings. The van der Waals surface area contributed by atoms with Gasteiger partial charge in [-0.25, -0.2) is 19.5 Å². The molecule has 2 heterocycles. The zero-order chi connectivity index (χ0) is 22.1. The second-order valence-corrected chi connectivity index (χ2v) is 6.76. The Hall–Kier alpha value is -3.66. The summed E-state index contributed by atoms with van der Waals surface area (Å²) >= 11 is 0. The molecule has 3 rings (SSSR count). The summed E-state index contributed by atoms with van der Waals surface area (Å²) in [5, 5.41) is 24.8. The molecule has 162 valence electrons. The molecule has 0 fully saturated rings. The third-order valence-corrected chi connectivity index (χ3v) is 4.38. The maximum Gasteiger partial charge on any atom is 0.412 e. The van der Waals surface area contributed by atoms with E-state index in [1.165, 1.54) is 4.68 Å². The van der Waals surface area contributed by atoms with E-state index in [9.17, 15) is 9.90 Å². The summed E-state index contributed by atoms with van der Waals surface area (Å²) in [7, 11) is 1.69. The van der Waals surface area contributed by atoms with Gasteiger partial charge in [-0.05, 0) is 29.0 Å². The van der Waals surface area contributed by atoms with Crippen LogP contribution in [0.4, 0.5) is 10.6 Å². The summed E-state index contributed by atoms with van der Waals surface area (Å²) in [6.07, 6.45) is 0.964. The number of hydrogen-bond acceptors (Lipinski definition) is 8. The molecule has 0 saturated heterocycles. The van der Waals surface area contributed by atoms with Gasteiger partial charge in [-0.15, -0.1) is 5.10 Å². The molecular formula is C21H25N7O3.